The number of carbonyl (C=O) groups excluding carboxylic acids is 3. The van der Waals surface area contributed by atoms with Crippen molar-refractivity contribution in [2.24, 2.45) is 5.92 Å². The molecule has 1 aromatic carbocycles. The highest BCUT2D eigenvalue weighted by Gasteiger charge is 2.30. The summed E-state index contributed by atoms with van der Waals surface area (Å²) in [5.74, 6) is -0.180. The maximum Gasteiger partial charge on any atom is 0.257 e. The molecule has 178 valence electrons. The summed E-state index contributed by atoms with van der Waals surface area (Å²) < 4.78 is 5.33. The van der Waals surface area contributed by atoms with E-state index in [1.807, 2.05) is 44.2 Å². The molecule has 3 amide bonds. The molecular weight excluding hydrogens is 420 g/mol. The van der Waals surface area contributed by atoms with Crippen LogP contribution in [0.25, 0.3) is 11.3 Å². The number of nitrogens with zero attached hydrogens (tertiary/aromatic N) is 3. The standard InChI is InChI=1S/C25H34N4O4/c1-5-29(6-2)25(32)19-13-10-14-20(16-28(4)21(30)15-19)26-24(31)22-17(3)33-27-23(22)18-11-8-7-9-12-18/h7-9,11-12,19-20H,5-6,10,13-16H2,1-4H3,(H,26,31). The molecule has 8 nitrogen and oxygen atoms in total. The number of hydrogen-bond acceptors (Lipinski definition) is 5. The van der Waals surface area contributed by atoms with Crippen molar-refractivity contribution in [3.8, 4) is 11.3 Å². The summed E-state index contributed by atoms with van der Waals surface area (Å²) in [6.07, 6.45) is 2.26. The van der Waals surface area contributed by atoms with Crippen molar-refractivity contribution >= 4 is 17.7 Å². The van der Waals surface area contributed by atoms with Crippen LogP contribution in [-0.4, -0.2) is 65.4 Å². The molecular formula is C25H34N4O4. The van der Waals surface area contributed by atoms with Gasteiger partial charge >= 0.3 is 0 Å². The van der Waals surface area contributed by atoms with Gasteiger partial charge in [0.2, 0.25) is 11.8 Å². The minimum atomic E-state index is -0.320. The van der Waals surface area contributed by atoms with Gasteiger partial charge in [-0.1, -0.05) is 41.9 Å². The summed E-state index contributed by atoms with van der Waals surface area (Å²) in [7, 11) is 1.73. The maximum absolute atomic E-state index is 13.2. The molecule has 1 N–H and O–H groups in total. The number of likely N-dealkylation sites (N-methyl/N-ethyl adjacent to an activating group) is 1. The second-order valence-electron chi connectivity index (χ2n) is 8.62. The highest BCUT2D eigenvalue weighted by molar-refractivity contribution is 6.01. The van der Waals surface area contributed by atoms with Crippen LogP contribution < -0.4 is 5.32 Å². The monoisotopic (exact) mass is 454 g/mol. The Bertz CT molecular complexity index is 968. The van der Waals surface area contributed by atoms with Crippen LogP contribution in [0.4, 0.5) is 0 Å². The molecule has 8 heteroatoms. The van der Waals surface area contributed by atoms with Crippen molar-refractivity contribution in [1.82, 2.24) is 20.3 Å². The third kappa shape index (κ3) is 5.80. The third-order valence-corrected chi connectivity index (χ3v) is 6.34. The Morgan fingerprint density at radius 3 is 2.55 bits per heavy atom. The van der Waals surface area contributed by atoms with Gasteiger partial charge in [0.15, 0.2) is 0 Å². The van der Waals surface area contributed by atoms with Crippen molar-refractivity contribution < 1.29 is 18.9 Å². The summed E-state index contributed by atoms with van der Waals surface area (Å²) in [5, 5.41) is 7.17. The highest BCUT2D eigenvalue weighted by Crippen LogP contribution is 2.26. The zero-order valence-corrected chi connectivity index (χ0v) is 20.0. The van der Waals surface area contributed by atoms with E-state index in [0.717, 1.165) is 12.0 Å². The number of hydrogen-bond donors (Lipinski definition) is 1. The van der Waals surface area contributed by atoms with Crippen LogP contribution >= 0.6 is 0 Å². The zero-order chi connectivity index (χ0) is 24.0. The summed E-state index contributed by atoms with van der Waals surface area (Å²) in [6.45, 7) is 7.28. The quantitative estimate of drug-likeness (QED) is 0.723. The fourth-order valence-corrected chi connectivity index (χ4v) is 4.42. The predicted octanol–water partition coefficient (Wildman–Crippen LogP) is 3.27. The van der Waals surface area contributed by atoms with Crippen LogP contribution in [0.15, 0.2) is 34.9 Å². The number of nitrogens with one attached hydrogen (secondary N) is 1. The van der Waals surface area contributed by atoms with Crippen molar-refractivity contribution in [2.75, 3.05) is 26.7 Å². The number of amides is 3. The fraction of sp³-hybridized carbons (Fsp3) is 0.520. The Labute approximate surface area is 195 Å². The van der Waals surface area contributed by atoms with E-state index >= 15 is 0 Å². The predicted molar refractivity (Wildman–Crippen MR) is 125 cm³/mol. The number of aryl methyl sites for hydroxylation is 1. The summed E-state index contributed by atoms with van der Waals surface area (Å²) >= 11 is 0. The van der Waals surface area contributed by atoms with E-state index in [0.29, 0.717) is 49.5 Å². The number of benzene rings is 1. The Balaban J connectivity index is 1.74. The van der Waals surface area contributed by atoms with Crippen molar-refractivity contribution in [2.45, 2.75) is 52.5 Å². The van der Waals surface area contributed by atoms with Crippen LogP contribution in [0.5, 0.6) is 0 Å². The molecule has 2 aromatic rings. The summed E-state index contributed by atoms with van der Waals surface area (Å²) in [5.41, 5.74) is 1.71. The molecule has 1 fully saturated rings. The second kappa shape index (κ2) is 11.1. The first-order valence-electron chi connectivity index (χ1n) is 11.7. The van der Waals surface area contributed by atoms with E-state index in [-0.39, 0.29) is 36.1 Å². The van der Waals surface area contributed by atoms with Gasteiger partial charge in [0.25, 0.3) is 5.91 Å². The molecule has 1 aliphatic rings. The second-order valence-corrected chi connectivity index (χ2v) is 8.62. The lowest BCUT2D eigenvalue weighted by Gasteiger charge is -2.26. The normalized spacial score (nSPS) is 19.4. The van der Waals surface area contributed by atoms with Gasteiger partial charge in [-0.25, -0.2) is 0 Å². The summed E-state index contributed by atoms with van der Waals surface area (Å²) in [4.78, 5) is 42.3. The lowest BCUT2D eigenvalue weighted by molar-refractivity contribution is -0.140. The van der Waals surface area contributed by atoms with E-state index in [2.05, 4.69) is 10.5 Å². The van der Waals surface area contributed by atoms with Crippen molar-refractivity contribution in [3.63, 3.8) is 0 Å². The Kier molecular flexibility index (Phi) is 8.25. The first-order chi connectivity index (χ1) is 15.8. The average molecular weight is 455 g/mol. The van der Waals surface area contributed by atoms with Crippen molar-refractivity contribution in [3.05, 3.63) is 41.7 Å². The largest absolute Gasteiger partial charge is 0.360 e. The topological polar surface area (TPSA) is 95.8 Å². The van der Waals surface area contributed by atoms with Gasteiger partial charge in [-0.3, -0.25) is 14.4 Å². The Hall–Kier alpha value is -3.16. The molecule has 2 atom stereocenters. The molecule has 0 saturated carbocycles. The first-order valence-corrected chi connectivity index (χ1v) is 11.7. The van der Waals surface area contributed by atoms with Crippen LogP contribution in [0.2, 0.25) is 0 Å². The van der Waals surface area contributed by atoms with Crippen molar-refractivity contribution in [1.29, 1.82) is 0 Å². The molecule has 3 rings (SSSR count). The molecule has 2 heterocycles. The van der Waals surface area contributed by atoms with E-state index in [1.165, 1.54) is 0 Å². The van der Waals surface area contributed by atoms with Crippen LogP contribution in [0.1, 0.15) is 55.6 Å². The SMILES string of the molecule is CCN(CC)C(=O)C1CCCC(NC(=O)c2c(-c3ccccc3)noc2C)CN(C)C(=O)C1. The van der Waals surface area contributed by atoms with Crippen LogP contribution in [0, 0.1) is 12.8 Å². The van der Waals surface area contributed by atoms with Crippen LogP contribution in [0.3, 0.4) is 0 Å². The number of carbonyl (C=O) groups is 3. The van der Waals surface area contributed by atoms with E-state index < -0.39 is 0 Å². The highest BCUT2D eigenvalue weighted by atomic mass is 16.5. The van der Waals surface area contributed by atoms with Gasteiger partial charge < -0.3 is 19.6 Å². The average Bonchev–Trinajstić information content (AvgIpc) is 3.22. The number of rotatable bonds is 6. The molecule has 1 saturated heterocycles. The van der Waals surface area contributed by atoms with Crippen LogP contribution in [-0.2, 0) is 9.59 Å². The van der Waals surface area contributed by atoms with E-state index in [4.69, 9.17) is 4.52 Å². The third-order valence-electron chi connectivity index (χ3n) is 6.34. The summed E-state index contributed by atoms with van der Waals surface area (Å²) in [6, 6.07) is 9.21. The maximum atomic E-state index is 13.2. The van der Waals surface area contributed by atoms with E-state index in [9.17, 15) is 14.4 Å². The molecule has 2 unspecified atom stereocenters. The van der Waals surface area contributed by atoms with Gasteiger partial charge in [0, 0.05) is 50.6 Å². The minimum Gasteiger partial charge on any atom is -0.360 e. The lowest BCUT2D eigenvalue weighted by Crippen LogP contribution is -2.44. The molecule has 33 heavy (non-hydrogen) atoms. The number of aromatic nitrogens is 1. The zero-order valence-electron chi connectivity index (χ0n) is 20.0. The molecule has 0 radical (unpaired) electrons. The molecule has 1 aromatic heterocycles. The first kappa shape index (κ1) is 24.5. The smallest absolute Gasteiger partial charge is 0.257 e. The molecule has 1 aliphatic heterocycles. The lowest BCUT2D eigenvalue weighted by atomic mass is 9.95. The Morgan fingerprint density at radius 2 is 1.88 bits per heavy atom. The van der Waals surface area contributed by atoms with Gasteiger partial charge in [0.05, 0.1) is 0 Å². The van der Waals surface area contributed by atoms with Gasteiger partial charge in [-0.2, -0.15) is 0 Å². The Morgan fingerprint density at radius 1 is 1.18 bits per heavy atom. The molecule has 0 aliphatic carbocycles. The minimum absolute atomic E-state index is 0.0387. The van der Waals surface area contributed by atoms with Gasteiger partial charge in [-0.15, -0.1) is 0 Å². The molecule has 0 spiro atoms. The fourth-order valence-electron chi connectivity index (χ4n) is 4.42. The molecule has 0 bridgehead atoms. The van der Waals surface area contributed by atoms with E-state index in [1.54, 1.807) is 23.8 Å². The van der Waals surface area contributed by atoms with Gasteiger partial charge in [0.1, 0.15) is 17.0 Å². The van der Waals surface area contributed by atoms with Gasteiger partial charge in [-0.05, 0) is 33.6 Å².